The molecule has 0 saturated heterocycles. The van der Waals surface area contributed by atoms with E-state index in [1.54, 1.807) is 7.11 Å². The molecule has 1 aromatic rings. The minimum absolute atomic E-state index is 0.0673. The van der Waals surface area contributed by atoms with Crippen molar-refractivity contribution in [1.29, 1.82) is 0 Å². The standard InChI is InChI=1S/C13H16N2O2/c1-17-11-4-2-3-9-13(11)15-12(16)7-10(14-9)8-5-6-8/h2-4,8,10,14H,5-7H2,1H3,(H,15,16). The first kappa shape index (κ1) is 10.4. The minimum atomic E-state index is 0.0673. The van der Waals surface area contributed by atoms with Crippen LogP contribution in [-0.2, 0) is 4.79 Å². The van der Waals surface area contributed by atoms with Crippen LogP contribution in [0, 0.1) is 5.92 Å². The van der Waals surface area contributed by atoms with Gasteiger partial charge in [-0.2, -0.15) is 0 Å². The summed E-state index contributed by atoms with van der Waals surface area (Å²) in [7, 11) is 1.62. The Balaban J connectivity index is 1.97. The molecule has 1 aromatic carbocycles. The Kier molecular flexibility index (Phi) is 2.42. The van der Waals surface area contributed by atoms with Gasteiger partial charge in [-0.3, -0.25) is 4.79 Å². The predicted molar refractivity (Wildman–Crippen MR) is 66.4 cm³/mol. The molecule has 0 aromatic heterocycles. The van der Waals surface area contributed by atoms with Crippen molar-refractivity contribution < 1.29 is 9.53 Å². The zero-order chi connectivity index (χ0) is 11.8. The highest BCUT2D eigenvalue weighted by atomic mass is 16.5. The van der Waals surface area contributed by atoms with Crippen LogP contribution in [0.4, 0.5) is 11.4 Å². The topological polar surface area (TPSA) is 50.4 Å². The Morgan fingerprint density at radius 2 is 2.18 bits per heavy atom. The van der Waals surface area contributed by atoms with Crippen LogP contribution in [0.1, 0.15) is 19.3 Å². The fraction of sp³-hybridized carbons (Fsp3) is 0.462. The van der Waals surface area contributed by atoms with Gasteiger partial charge in [-0.15, -0.1) is 0 Å². The van der Waals surface area contributed by atoms with E-state index in [4.69, 9.17) is 4.74 Å². The molecule has 3 rings (SSSR count). The summed E-state index contributed by atoms with van der Waals surface area (Å²) in [5.74, 6) is 1.43. The molecule has 4 heteroatoms. The number of ether oxygens (including phenoxy) is 1. The van der Waals surface area contributed by atoms with Crippen LogP contribution in [0.25, 0.3) is 0 Å². The summed E-state index contributed by atoms with van der Waals surface area (Å²) in [6.07, 6.45) is 3.00. The Morgan fingerprint density at radius 1 is 1.35 bits per heavy atom. The minimum Gasteiger partial charge on any atom is -0.494 e. The van der Waals surface area contributed by atoms with Crippen LogP contribution in [0.15, 0.2) is 18.2 Å². The first-order valence-electron chi connectivity index (χ1n) is 6.01. The highest BCUT2D eigenvalue weighted by Crippen LogP contribution is 2.41. The number of carbonyl (C=O) groups is 1. The number of benzene rings is 1. The van der Waals surface area contributed by atoms with Gasteiger partial charge in [-0.25, -0.2) is 0 Å². The van der Waals surface area contributed by atoms with E-state index in [2.05, 4.69) is 10.6 Å². The van der Waals surface area contributed by atoms with Gasteiger partial charge in [0.2, 0.25) is 5.91 Å². The number of amides is 1. The molecule has 2 N–H and O–H groups in total. The zero-order valence-corrected chi connectivity index (χ0v) is 9.82. The lowest BCUT2D eigenvalue weighted by Crippen LogP contribution is -2.24. The van der Waals surface area contributed by atoms with Crippen LogP contribution < -0.4 is 15.4 Å². The molecular formula is C13H16N2O2. The number of hydrogen-bond donors (Lipinski definition) is 2. The largest absolute Gasteiger partial charge is 0.494 e. The van der Waals surface area contributed by atoms with E-state index in [1.807, 2.05) is 18.2 Å². The van der Waals surface area contributed by atoms with Crippen molar-refractivity contribution in [2.24, 2.45) is 5.92 Å². The van der Waals surface area contributed by atoms with E-state index in [-0.39, 0.29) is 11.9 Å². The number of para-hydroxylation sites is 1. The summed E-state index contributed by atoms with van der Waals surface area (Å²) in [5.41, 5.74) is 1.73. The third kappa shape index (κ3) is 1.95. The molecule has 1 aliphatic carbocycles. The monoisotopic (exact) mass is 232 g/mol. The Hall–Kier alpha value is -1.71. The van der Waals surface area contributed by atoms with Gasteiger partial charge in [-0.1, -0.05) is 6.07 Å². The molecule has 1 unspecified atom stereocenters. The average Bonchev–Trinajstić information content (AvgIpc) is 3.13. The van der Waals surface area contributed by atoms with Gasteiger partial charge in [0.1, 0.15) is 11.4 Å². The Bertz CT molecular complexity index is 455. The van der Waals surface area contributed by atoms with Gasteiger partial charge in [0.15, 0.2) is 0 Å². The van der Waals surface area contributed by atoms with Crippen LogP contribution in [0.2, 0.25) is 0 Å². The van der Waals surface area contributed by atoms with Crippen molar-refractivity contribution in [3.05, 3.63) is 18.2 Å². The van der Waals surface area contributed by atoms with Crippen molar-refractivity contribution in [1.82, 2.24) is 0 Å². The molecular weight excluding hydrogens is 216 g/mol. The van der Waals surface area contributed by atoms with Crippen molar-refractivity contribution in [3.63, 3.8) is 0 Å². The van der Waals surface area contributed by atoms with Gasteiger partial charge in [-0.05, 0) is 30.9 Å². The normalized spacial score (nSPS) is 23.1. The second-order valence-corrected chi connectivity index (χ2v) is 4.72. The quantitative estimate of drug-likeness (QED) is 0.822. The SMILES string of the molecule is COc1cccc2c1NC(=O)CC(C1CC1)N2. The molecule has 1 fully saturated rings. The van der Waals surface area contributed by atoms with Gasteiger partial charge in [0.05, 0.1) is 12.8 Å². The molecule has 1 saturated carbocycles. The number of fused-ring (bicyclic) bond motifs is 1. The lowest BCUT2D eigenvalue weighted by atomic mass is 10.1. The molecule has 4 nitrogen and oxygen atoms in total. The summed E-state index contributed by atoms with van der Waals surface area (Å²) in [6.45, 7) is 0. The number of methoxy groups -OCH3 is 1. The van der Waals surface area contributed by atoms with Crippen LogP contribution in [-0.4, -0.2) is 19.1 Å². The third-order valence-electron chi connectivity index (χ3n) is 3.45. The van der Waals surface area contributed by atoms with Crippen molar-refractivity contribution in [3.8, 4) is 5.75 Å². The van der Waals surface area contributed by atoms with Crippen molar-refractivity contribution >= 4 is 17.3 Å². The van der Waals surface area contributed by atoms with E-state index in [1.165, 1.54) is 12.8 Å². The van der Waals surface area contributed by atoms with Crippen molar-refractivity contribution in [2.75, 3.05) is 17.7 Å². The Labute approximate surface area is 100 Å². The van der Waals surface area contributed by atoms with Gasteiger partial charge in [0.25, 0.3) is 0 Å². The Morgan fingerprint density at radius 3 is 2.88 bits per heavy atom. The molecule has 0 spiro atoms. The van der Waals surface area contributed by atoms with Crippen molar-refractivity contribution in [2.45, 2.75) is 25.3 Å². The molecule has 1 amide bonds. The highest BCUT2D eigenvalue weighted by Gasteiger charge is 2.35. The van der Waals surface area contributed by atoms with Gasteiger partial charge >= 0.3 is 0 Å². The maximum atomic E-state index is 11.8. The highest BCUT2D eigenvalue weighted by molar-refractivity contribution is 5.98. The number of rotatable bonds is 2. The maximum absolute atomic E-state index is 11.8. The number of hydrogen-bond acceptors (Lipinski definition) is 3. The molecule has 2 aliphatic rings. The van der Waals surface area contributed by atoms with Gasteiger partial charge < -0.3 is 15.4 Å². The number of anilines is 2. The molecule has 0 bridgehead atoms. The summed E-state index contributed by atoms with van der Waals surface area (Å²) in [6, 6.07) is 6.05. The second-order valence-electron chi connectivity index (χ2n) is 4.72. The molecule has 17 heavy (non-hydrogen) atoms. The second kappa shape index (κ2) is 3.95. The summed E-state index contributed by atoms with van der Waals surface area (Å²) in [4.78, 5) is 11.8. The maximum Gasteiger partial charge on any atom is 0.226 e. The van der Waals surface area contributed by atoms with E-state index < -0.39 is 0 Å². The predicted octanol–water partition coefficient (Wildman–Crippen LogP) is 2.23. The number of nitrogens with one attached hydrogen (secondary N) is 2. The average molecular weight is 232 g/mol. The van der Waals surface area contributed by atoms with E-state index in [9.17, 15) is 4.79 Å². The summed E-state index contributed by atoms with van der Waals surface area (Å²) in [5, 5.41) is 6.39. The fourth-order valence-corrected chi connectivity index (χ4v) is 2.37. The summed E-state index contributed by atoms with van der Waals surface area (Å²) < 4.78 is 5.27. The van der Waals surface area contributed by atoms with Crippen LogP contribution in [0.5, 0.6) is 5.75 Å². The van der Waals surface area contributed by atoms with E-state index >= 15 is 0 Å². The van der Waals surface area contributed by atoms with E-state index in [0.29, 0.717) is 18.1 Å². The molecule has 1 atom stereocenters. The van der Waals surface area contributed by atoms with Gasteiger partial charge in [0, 0.05) is 12.5 Å². The smallest absolute Gasteiger partial charge is 0.226 e. The first-order valence-corrected chi connectivity index (χ1v) is 6.01. The molecule has 1 aliphatic heterocycles. The van der Waals surface area contributed by atoms with E-state index in [0.717, 1.165) is 11.4 Å². The zero-order valence-electron chi connectivity index (χ0n) is 9.82. The lowest BCUT2D eigenvalue weighted by Gasteiger charge is -2.16. The number of carbonyl (C=O) groups excluding carboxylic acids is 1. The fourth-order valence-electron chi connectivity index (χ4n) is 2.37. The first-order chi connectivity index (χ1) is 8.28. The molecule has 90 valence electrons. The van der Waals surface area contributed by atoms with Crippen LogP contribution in [0.3, 0.4) is 0 Å². The van der Waals surface area contributed by atoms with Crippen LogP contribution >= 0.6 is 0 Å². The molecule has 1 heterocycles. The summed E-state index contributed by atoms with van der Waals surface area (Å²) >= 11 is 0. The third-order valence-corrected chi connectivity index (χ3v) is 3.45. The molecule has 0 radical (unpaired) electrons. The lowest BCUT2D eigenvalue weighted by molar-refractivity contribution is -0.116.